The Balaban J connectivity index is 1.35. The number of nitrogens with two attached hydrogens (primary N) is 1. The monoisotopic (exact) mass is 437 g/mol. The molecule has 2 N–H and O–H groups in total. The highest BCUT2D eigenvalue weighted by molar-refractivity contribution is 6.02. The van der Waals surface area contributed by atoms with Gasteiger partial charge < -0.3 is 15.5 Å². The number of aromatic nitrogens is 2. The van der Waals surface area contributed by atoms with Gasteiger partial charge in [0.15, 0.2) is 5.78 Å². The van der Waals surface area contributed by atoms with E-state index in [1.807, 2.05) is 36.1 Å². The minimum atomic E-state index is -0.272. The topological polar surface area (TPSA) is 102 Å². The highest BCUT2D eigenvalue weighted by Gasteiger charge is 2.31. The summed E-state index contributed by atoms with van der Waals surface area (Å²) in [5.41, 5.74) is 8.64. The summed E-state index contributed by atoms with van der Waals surface area (Å²) in [7, 11) is 0. The largest absolute Gasteiger partial charge is 0.383 e. The maximum atomic E-state index is 13.2. The fraction of sp³-hybridized carbons (Fsp3) is 0.500. The summed E-state index contributed by atoms with van der Waals surface area (Å²) in [6.45, 7) is 4.52. The van der Waals surface area contributed by atoms with E-state index in [4.69, 9.17) is 5.73 Å². The van der Waals surface area contributed by atoms with Gasteiger partial charge in [-0.25, -0.2) is 4.68 Å². The van der Waals surface area contributed by atoms with Gasteiger partial charge in [-0.3, -0.25) is 14.4 Å². The fourth-order valence-electron chi connectivity index (χ4n) is 4.60. The van der Waals surface area contributed by atoms with E-state index in [0.717, 1.165) is 37.1 Å². The Hall–Kier alpha value is -3.16. The van der Waals surface area contributed by atoms with Crippen LogP contribution in [0.25, 0.3) is 5.69 Å². The molecular formula is C24H31N5O3. The summed E-state index contributed by atoms with van der Waals surface area (Å²) in [4.78, 5) is 41.3. The van der Waals surface area contributed by atoms with Gasteiger partial charge in [-0.15, -0.1) is 0 Å². The van der Waals surface area contributed by atoms with Crippen molar-refractivity contribution in [2.75, 3.05) is 31.9 Å². The number of hydrogen-bond donors (Lipinski definition) is 1. The first-order valence-electron chi connectivity index (χ1n) is 11.4. The van der Waals surface area contributed by atoms with E-state index < -0.39 is 0 Å². The van der Waals surface area contributed by atoms with Crippen LogP contribution in [0.4, 0.5) is 5.82 Å². The van der Waals surface area contributed by atoms with Crippen molar-refractivity contribution in [2.45, 2.75) is 45.4 Å². The van der Waals surface area contributed by atoms with Crippen LogP contribution in [0, 0.1) is 12.8 Å². The summed E-state index contributed by atoms with van der Waals surface area (Å²) in [6, 6.07) is 7.79. The number of Topliss-reactive ketones (excluding diaryl/α,β-unsaturated/α-hetero) is 1. The molecule has 170 valence electrons. The van der Waals surface area contributed by atoms with Crippen molar-refractivity contribution in [1.29, 1.82) is 0 Å². The third-order valence-electron chi connectivity index (χ3n) is 6.49. The Bertz CT molecular complexity index is 998. The van der Waals surface area contributed by atoms with Gasteiger partial charge in [0.05, 0.1) is 17.4 Å². The quantitative estimate of drug-likeness (QED) is 0.671. The smallest absolute Gasteiger partial charge is 0.222 e. The Morgan fingerprint density at radius 3 is 2.66 bits per heavy atom. The van der Waals surface area contributed by atoms with Gasteiger partial charge in [0.2, 0.25) is 11.8 Å². The molecule has 2 amide bonds. The molecule has 2 aromatic rings. The molecule has 1 aromatic carbocycles. The van der Waals surface area contributed by atoms with Crippen molar-refractivity contribution in [3.8, 4) is 5.69 Å². The second-order valence-corrected chi connectivity index (χ2v) is 8.82. The molecule has 1 aromatic heterocycles. The first kappa shape index (κ1) is 22.0. The lowest BCUT2D eigenvalue weighted by molar-refractivity contribution is -0.133. The van der Waals surface area contributed by atoms with Crippen LogP contribution in [0.5, 0.6) is 0 Å². The van der Waals surface area contributed by atoms with E-state index in [9.17, 15) is 14.4 Å². The van der Waals surface area contributed by atoms with Crippen LogP contribution in [0.1, 0.15) is 54.4 Å². The summed E-state index contributed by atoms with van der Waals surface area (Å²) in [6.07, 6.45) is 5.65. The normalized spacial score (nSPS) is 18.9. The van der Waals surface area contributed by atoms with Crippen molar-refractivity contribution in [1.82, 2.24) is 19.6 Å². The molecule has 4 rings (SSSR count). The van der Waals surface area contributed by atoms with Gasteiger partial charge in [-0.1, -0.05) is 17.7 Å². The standard InChI is InChI=1S/C24H31N5O3/c1-17-8-10-19(11-9-17)29-24(25)20(15-26-29)23(32)18-5-2-14-28(16-18)22(31)7-4-13-27-12-3-6-21(27)30/h8-11,15,18H,2-7,12-14,16,25H2,1H3/t18-/m0/s1. The molecule has 8 heteroatoms. The molecule has 0 unspecified atom stereocenters. The Labute approximate surface area is 188 Å². The lowest BCUT2D eigenvalue weighted by Gasteiger charge is -2.32. The maximum absolute atomic E-state index is 13.2. The molecule has 0 spiro atoms. The fourth-order valence-corrected chi connectivity index (χ4v) is 4.60. The number of nitrogen functional groups attached to an aromatic ring is 1. The molecular weight excluding hydrogens is 406 g/mol. The van der Waals surface area contributed by atoms with Gasteiger partial charge in [-0.05, 0) is 44.7 Å². The number of nitrogens with zero attached hydrogens (tertiary/aromatic N) is 4. The number of hydrogen-bond acceptors (Lipinski definition) is 5. The number of piperidine rings is 1. The Morgan fingerprint density at radius 1 is 1.16 bits per heavy atom. The summed E-state index contributed by atoms with van der Waals surface area (Å²) < 4.78 is 1.58. The first-order valence-corrected chi connectivity index (χ1v) is 11.4. The molecule has 0 radical (unpaired) electrons. The SMILES string of the molecule is Cc1ccc(-n2ncc(C(=O)[C@H]3CCCN(C(=O)CCCN4CCCC4=O)C3)c2N)cc1. The highest BCUT2D eigenvalue weighted by Crippen LogP contribution is 2.26. The molecule has 0 bridgehead atoms. The van der Waals surface area contributed by atoms with E-state index in [2.05, 4.69) is 5.10 Å². The van der Waals surface area contributed by atoms with E-state index in [1.165, 1.54) is 6.20 Å². The van der Waals surface area contributed by atoms with E-state index >= 15 is 0 Å². The number of aryl methyl sites for hydroxylation is 1. The Kier molecular flexibility index (Phi) is 6.58. The van der Waals surface area contributed by atoms with Gasteiger partial charge in [0.1, 0.15) is 5.82 Å². The van der Waals surface area contributed by atoms with Crippen molar-refractivity contribution in [3.05, 3.63) is 41.6 Å². The second-order valence-electron chi connectivity index (χ2n) is 8.82. The molecule has 8 nitrogen and oxygen atoms in total. The molecule has 2 aliphatic rings. The van der Waals surface area contributed by atoms with Crippen molar-refractivity contribution in [2.24, 2.45) is 5.92 Å². The number of carbonyl (C=O) groups is 3. The summed E-state index contributed by atoms with van der Waals surface area (Å²) in [5, 5.41) is 4.33. The van der Waals surface area contributed by atoms with Crippen molar-refractivity contribution in [3.63, 3.8) is 0 Å². The minimum Gasteiger partial charge on any atom is -0.383 e. The number of amides is 2. The lowest BCUT2D eigenvalue weighted by atomic mass is 9.90. The second kappa shape index (κ2) is 9.54. The third-order valence-corrected chi connectivity index (χ3v) is 6.49. The zero-order chi connectivity index (χ0) is 22.7. The van der Waals surface area contributed by atoms with Crippen molar-refractivity contribution >= 4 is 23.4 Å². The molecule has 1 atom stereocenters. The van der Waals surface area contributed by atoms with E-state index in [1.54, 1.807) is 9.58 Å². The number of carbonyl (C=O) groups excluding carboxylic acids is 3. The summed E-state index contributed by atoms with van der Waals surface area (Å²) >= 11 is 0. The van der Waals surface area contributed by atoms with Gasteiger partial charge in [0.25, 0.3) is 0 Å². The van der Waals surface area contributed by atoms with Crippen LogP contribution < -0.4 is 5.73 Å². The van der Waals surface area contributed by atoms with Crippen LogP contribution in [0.3, 0.4) is 0 Å². The van der Waals surface area contributed by atoms with Crippen LogP contribution in [0.2, 0.25) is 0 Å². The zero-order valence-electron chi connectivity index (χ0n) is 18.6. The molecule has 0 aliphatic carbocycles. The molecule has 0 saturated carbocycles. The average Bonchev–Trinajstić information content (AvgIpc) is 3.39. The molecule has 2 fully saturated rings. The van der Waals surface area contributed by atoms with Gasteiger partial charge >= 0.3 is 0 Å². The third kappa shape index (κ3) is 4.69. The van der Waals surface area contributed by atoms with E-state index in [0.29, 0.717) is 50.3 Å². The molecule has 32 heavy (non-hydrogen) atoms. The van der Waals surface area contributed by atoms with Crippen LogP contribution in [0.15, 0.2) is 30.5 Å². The zero-order valence-corrected chi connectivity index (χ0v) is 18.6. The van der Waals surface area contributed by atoms with Gasteiger partial charge in [-0.2, -0.15) is 5.10 Å². The average molecular weight is 438 g/mol. The molecule has 3 heterocycles. The number of anilines is 1. The maximum Gasteiger partial charge on any atom is 0.222 e. The first-order chi connectivity index (χ1) is 15.4. The predicted octanol–water partition coefficient (Wildman–Crippen LogP) is 2.59. The van der Waals surface area contributed by atoms with Crippen LogP contribution in [-0.2, 0) is 9.59 Å². The van der Waals surface area contributed by atoms with Crippen molar-refractivity contribution < 1.29 is 14.4 Å². The Morgan fingerprint density at radius 2 is 1.94 bits per heavy atom. The lowest BCUT2D eigenvalue weighted by Crippen LogP contribution is -2.42. The van der Waals surface area contributed by atoms with Crippen LogP contribution >= 0.6 is 0 Å². The number of ketones is 1. The number of rotatable bonds is 7. The minimum absolute atomic E-state index is 0.0532. The summed E-state index contributed by atoms with van der Waals surface area (Å²) in [5.74, 6) is 0.242. The molecule has 2 saturated heterocycles. The highest BCUT2D eigenvalue weighted by atomic mass is 16.2. The van der Waals surface area contributed by atoms with Gasteiger partial charge in [0, 0.05) is 44.9 Å². The molecule has 2 aliphatic heterocycles. The van der Waals surface area contributed by atoms with E-state index in [-0.39, 0.29) is 23.5 Å². The number of likely N-dealkylation sites (tertiary alicyclic amines) is 2. The number of benzene rings is 1. The van der Waals surface area contributed by atoms with Crippen LogP contribution in [-0.4, -0.2) is 63.4 Å². The predicted molar refractivity (Wildman–Crippen MR) is 121 cm³/mol.